The molecule has 1 aromatic heterocycles. The molecule has 0 saturated carbocycles. The van der Waals surface area contributed by atoms with E-state index in [1.807, 2.05) is 30.0 Å². The molecule has 1 aromatic carbocycles. The number of carbonyl (C=O) groups excluding carboxylic acids is 1. The summed E-state index contributed by atoms with van der Waals surface area (Å²) in [5.41, 5.74) is 2.26. The monoisotopic (exact) mass is 327 g/mol. The maximum absolute atomic E-state index is 12.6. The zero-order chi connectivity index (χ0) is 17.1. The Morgan fingerprint density at radius 1 is 1.21 bits per heavy atom. The summed E-state index contributed by atoms with van der Waals surface area (Å²) in [6, 6.07) is 5.77. The molecule has 0 aliphatic carbocycles. The highest BCUT2D eigenvalue weighted by molar-refractivity contribution is 5.92. The van der Waals surface area contributed by atoms with Gasteiger partial charge in [-0.05, 0) is 31.5 Å². The third-order valence-electron chi connectivity index (χ3n) is 4.35. The molecule has 1 atom stereocenters. The van der Waals surface area contributed by atoms with Crippen LogP contribution in [0.3, 0.4) is 0 Å². The number of methoxy groups -OCH3 is 2. The van der Waals surface area contributed by atoms with Gasteiger partial charge in [-0.2, -0.15) is 0 Å². The summed E-state index contributed by atoms with van der Waals surface area (Å²) in [5, 5.41) is 0. The van der Waals surface area contributed by atoms with Gasteiger partial charge >= 0.3 is 0 Å². The molecule has 6 heteroatoms. The molecule has 2 aromatic rings. The maximum Gasteiger partial charge on any atom is 0.274 e. The van der Waals surface area contributed by atoms with E-state index in [-0.39, 0.29) is 11.8 Å². The van der Waals surface area contributed by atoms with Crippen LogP contribution in [0.1, 0.15) is 34.1 Å². The third kappa shape index (κ3) is 3.18. The van der Waals surface area contributed by atoms with Crippen molar-refractivity contribution in [1.29, 1.82) is 0 Å². The Balaban J connectivity index is 1.78. The quantitative estimate of drug-likeness (QED) is 0.863. The van der Waals surface area contributed by atoms with Crippen molar-refractivity contribution in [2.45, 2.75) is 19.3 Å². The SMILES string of the molecule is COc1ccc(OC)c([C@H]2CCN(C(=O)c3cnc(C)cn3)C2)c1. The number of carbonyl (C=O) groups is 1. The van der Waals surface area contributed by atoms with Gasteiger partial charge in [-0.25, -0.2) is 4.98 Å². The van der Waals surface area contributed by atoms with Crippen molar-refractivity contribution in [3.63, 3.8) is 0 Å². The summed E-state index contributed by atoms with van der Waals surface area (Å²) in [6.45, 7) is 3.18. The van der Waals surface area contributed by atoms with E-state index in [2.05, 4.69) is 9.97 Å². The van der Waals surface area contributed by atoms with Gasteiger partial charge in [0, 0.05) is 30.8 Å². The van der Waals surface area contributed by atoms with E-state index in [1.165, 1.54) is 6.20 Å². The van der Waals surface area contributed by atoms with Gasteiger partial charge in [0.15, 0.2) is 0 Å². The van der Waals surface area contributed by atoms with Crippen LogP contribution >= 0.6 is 0 Å². The Morgan fingerprint density at radius 2 is 2.04 bits per heavy atom. The number of amides is 1. The number of nitrogens with zero attached hydrogens (tertiary/aromatic N) is 3. The van der Waals surface area contributed by atoms with Crippen molar-refractivity contribution >= 4 is 5.91 Å². The first-order valence-electron chi connectivity index (χ1n) is 7.92. The normalized spacial score (nSPS) is 17.0. The summed E-state index contributed by atoms with van der Waals surface area (Å²) in [5.74, 6) is 1.76. The molecule has 1 aliphatic heterocycles. The van der Waals surface area contributed by atoms with Gasteiger partial charge in [-0.15, -0.1) is 0 Å². The van der Waals surface area contributed by atoms with Crippen LogP contribution in [-0.2, 0) is 0 Å². The molecule has 0 spiro atoms. The fourth-order valence-corrected chi connectivity index (χ4v) is 3.02. The molecule has 3 rings (SSSR count). The van der Waals surface area contributed by atoms with Crippen LogP contribution in [0.15, 0.2) is 30.6 Å². The molecule has 0 unspecified atom stereocenters. The molecule has 1 aliphatic rings. The van der Waals surface area contributed by atoms with E-state index in [0.29, 0.717) is 18.8 Å². The molecule has 1 saturated heterocycles. The summed E-state index contributed by atoms with van der Waals surface area (Å²) < 4.78 is 10.8. The summed E-state index contributed by atoms with van der Waals surface area (Å²) in [6.07, 6.45) is 4.04. The highest BCUT2D eigenvalue weighted by Crippen LogP contribution is 2.36. The van der Waals surface area contributed by atoms with Crippen molar-refractivity contribution in [2.24, 2.45) is 0 Å². The molecule has 24 heavy (non-hydrogen) atoms. The lowest BCUT2D eigenvalue weighted by Crippen LogP contribution is -2.29. The Morgan fingerprint density at radius 3 is 2.71 bits per heavy atom. The fraction of sp³-hybridized carbons (Fsp3) is 0.389. The molecular formula is C18H21N3O3. The van der Waals surface area contributed by atoms with Crippen LogP contribution < -0.4 is 9.47 Å². The third-order valence-corrected chi connectivity index (χ3v) is 4.35. The van der Waals surface area contributed by atoms with E-state index in [9.17, 15) is 4.79 Å². The maximum atomic E-state index is 12.6. The zero-order valence-electron chi connectivity index (χ0n) is 14.2. The summed E-state index contributed by atoms with van der Waals surface area (Å²) in [7, 11) is 3.30. The van der Waals surface area contributed by atoms with Gasteiger partial charge in [0.25, 0.3) is 5.91 Å². The van der Waals surface area contributed by atoms with Crippen LogP contribution in [0, 0.1) is 6.92 Å². The minimum absolute atomic E-state index is 0.0770. The van der Waals surface area contributed by atoms with Crippen LogP contribution in [0.25, 0.3) is 0 Å². The van der Waals surface area contributed by atoms with Gasteiger partial charge < -0.3 is 14.4 Å². The smallest absolute Gasteiger partial charge is 0.274 e. The van der Waals surface area contributed by atoms with E-state index >= 15 is 0 Å². The van der Waals surface area contributed by atoms with Gasteiger partial charge in [0.2, 0.25) is 0 Å². The zero-order valence-corrected chi connectivity index (χ0v) is 14.2. The number of hydrogen-bond acceptors (Lipinski definition) is 5. The topological polar surface area (TPSA) is 64.6 Å². The first kappa shape index (κ1) is 16.2. The van der Waals surface area contributed by atoms with Crippen molar-refractivity contribution in [3.05, 3.63) is 47.5 Å². The lowest BCUT2D eigenvalue weighted by Gasteiger charge is -2.18. The Hall–Kier alpha value is -2.63. The Kier molecular flexibility index (Phi) is 4.64. The number of aryl methyl sites for hydroxylation is 1. The second kappa shape index (κ2) is 6.86. The first-order valence-corrected chi connectivity index (χ1v) is 7.92. The van der Waals surface area contributed by atoms with Gasteiger partial charge in [0.05, 0.1) is 26.1 Å². The molecule has 1 fully saturated rings. The van der Waals surface area contributed by atoms with Crippen molar-refractivity contribution in [2.75, 3.05) is 27.3 Å². The van der Waals surface area contributed by atoms with E-state index in [0.717, 1.165) is 29.2 Å². The molecule has 0 N–H and O–H groups in total. The van der Waals surface area contributed by atoms with E-state index < -0.39 is 0 Å². The number of aromatic nitrogens is 2. The van der Waals surface area contributed by atoms with E-state index in [1.54, 1.807) is 20.4 Å². The largest absolute Gasteiger partial charge is 0.497 e. The number of ether oxygens (including phenoxy) is 2. The molecular weight excluding hydrogens is 306 g/mol. The molecule has 6 nitrogen and oxygen atoms in total. The Bertz CT molecular complexity index is 731. The number of hydrogen-bond donors (Lipinski definition) is 0. The molecule has 0 radical (unpaired) electrons. The average molecular weight is 327 g/mol. The molecule has 126 valence electrons. The molecule has 1 amide bonds. The van der Waals surface area contributed by atoms with Gasteiger partial charge in [-0.3, -0.25) is 9.78 Å². The van der Waals surface area contributed by atoms with Crippen LogP contribution in [-0.4, -0.2) is 48.1 Å². The van der Waals surface area contributed by atoms with Gasteiger partial charge in [0.1, 0.15) is 17.2 Å². The minimum Gasteiger partial charge on any atom is -0.497 e. The summed E-state index contributed by atoms with van der Waals surface area (Å²) in [4.78, 5) is 22.7. The lowest BCUT2D eigenvalue weighted by atomic mass is 9.97. The predicted octanol–water partition coefficient (Wildman–Crippen LogP) is 2.43. The molecule has 0 bridgehead atoms. The van der Waals surface area contributed by atoms with Crippen LogP contribution in [0.4, 0.5) is 0 Å². The highest BCUT2D eigenvalue weighted by atomic mass is 16.5. The van der Waals surface area contributed by atoms with Crippen LogP contribution in [0.2, 0.25) is 0 Å². The second-order valence-electron chi connectivity index (χ2n) is 5.89. The standard InChI is InChI=1S/C18H21N3O3/c1-12-9-20-16(10-19-12)18(22)21-7-6-13(11-21)15-8-14(23-2)4-5-17(15)24-3/h4-5,8-10,13H,6-7,11H2,1-3H3/t13-/m0/s1. The Labute approximate surface area is 141 Å². The van der Waals surface area contributed by atoms with Crippen molar-refractivity contribution < 1.29 is 14.3 Å². The predicted molar refractivity (Wildman–Crippen MR) is 89.6 cm³/mol. The summed E-state index contributed by atoms with van der Waals surface area (Å²) >= 11 is 0. The molecule has 2 heterocycles. The number of likely N-dealkylation sites (tertiary alicyclic amines) is 1. The van der Waals surface area contributed by atoms with Crippen LogP contribution in [0.5, 0.6) is 11.5 Å². The fourth-order valence-electron chi connectivity index (χ4n) is 3.02. The minimum atomic E-state index is -0.0770. The number of rotatable bonds is 4. The van der Waals surface area contributed by atoms with Crippen molar-refractivity contribution in [3.8, 4) is 11.5 Å². The highest BCUT2D eigenvalue weighted by Gasteiger charge is 2.30. The number of benzene rings is 1. The van der Waals surface area contributed by atoms with Crippen molar-refractivity contribution in [1.82, 2.24) is 14.9 Å². The average Bonchev–Trinajstić information content (AvgIpc) is 3.11. The van der Waals surface area contributed by atoms with E-state index in [4.69, 9.17) is 9.47 Å². The first-order chi connectivity index (χ1) is 11.6. The lowest BCUT2D eigenvalue weighted by molar-refractivity contribution is 0.0784. The second-order valence-corrected chi connectivity index (χ2v) is 5.89. The van der Waals surface area contributed by atoms with Gasteiger partial charge in [-0.1, -0.05) is 0 Å².